The molecule has 3 aromatic rings. The molecule has 0 unspecified atom stereocenters. The maximum absolute atomic E-state index is 5.96. The summed E-state index contributed by atoms with van der Waals surface area (Å²) in [5.74, 6) is 0.482. The number of pyridine rings is 2. The highest BCUT2D eigenvalue weighted by Gasteiger charge is 2.11. The molecular weight excluding hydrogens is 226 g/mol. The Hall–Kier alpha value is -2.43. The van der Waals surface area contributed by atoms with E-state index in [1.165, 1.54) is 0 Å². The minimum Gasteiger partial charge on any atom is -0.369 e. The van der Waals surface area contributed by atoms with Crippen LogP contribution < -0.4 is 5.73 Å². The summed E-state index contributed by atoms with van der Waals surface area (Å²) in [4.78, 5) is 12.8. The fraction of sp³-hybridized carbons (Fsp3) is 0.154. The van der Waals surface area contributed by atoms with Gasteiger partial charge in [0.25, 0.3) is 0 Å². The summed E-state index contributed by atoms with van der Waals surface area (Å²) in [5.41, 5.74) is 9.79. The molecule has 5 nitrogen and oxygen atoms in total. The van der Waals surface area contributed by atoms with Crippen LogP contribution in [0.2, 0.25) is 0 Å². The second kappa shape index (κ2) is 4.10. The Balaban J connectivity index is 2.12. The van der Waals surface area contributed by atoms with Crippen molar-refractivity contribution in [1.29, 1.82) is 0 Å². The Morgan fingerprint density at radius 2 is 2.17 bits per heavy atom. The lowest BCUT2D eigenvalue weighted by atomic mass is 10.2. The van der Waals surface area contributed by atoms with Crippen LogP contribution in [0.1, 0.15) is 11.1 Å². The van der Waals surface area contributed by atoms with Gasteiger partial charge in [0.05, 0.1) is 6.54 Å². The van der Waals surface area contributed by atoms with Crippen LogP contribution in [0.15, 0.2) is 36.8 Å². The minimum atomic E-state index is 0.482. The van der Waals surface area contributed by atoms with E-state index in [0.29, 0.717) is 12.5 Å². The van der Waals surface area contributed by atoms with E-state index in [4.69, 9.17) is 5.73 Å². The van der Waals surface area contributed by atoms with Gasteiger partial charge in [-0.05, 0) is 30.2 Å². The monoisotopic (exact) mass is 239 g/mol. The molecule has 2 N–H and O–H groups in total. The Morgan fingerprint density at radius 3 is 2.94 bits per heavy atom. The summed E-state index contributed by atoms with van der Waals surface area (Å²) in [6.07, 6.45) is 5.35. The summed E-state index contributed by atoms with van der Waals surface area (Å²) in [6.45, 7) is 2.64. The van der Waals surface area contributed by atoms with Gasteiger partial charge in [0.1, 0.15) is 5.52 Å². The van der Waals surface area contributed by atoms with Crippen molar-refractivity contribution in [3.8, 4) is 0 Å². The van der Waals surface area contributed by atoms with Crippen molar-refractivity contribution >= 4 is 17.1 Å². The smallest absolute Gasteiger partial charge is 0.202 e. The van der Waals surface area contributed by atoms with Gasteiger partial charge < -0.3 is 5.73 Å². The van der Waals surface area contributed by atoms with Crippen LogP contribution in [0.5, 0.6) is 0 Å². The lowest BCUT2D eigenvalue weighted by Crippen LogP contribution is -2.05. The Labute approximate surface area is 104 Å². The van der Waals surface area contributed by atoms with Gasteiger partial charge in [-0.15, -0.1) is 0 Å². The summed E-state index contributed by atoms with van der Waals surface area (Å²) in [5, 5.41) is 0. The molecule has 0 aliphatic carbocycles. The number of hydrogen-bond acceptors (Lipinski definition) is 4. The van der Waals surface area contributed by atoms with Gasteiger partial charge in [0.15, 0.2) is 5.65 Å². The maximum atomic E-state index is 5.96. The van der Waals surface area contributed by atoms with Gasteiger partial charge in [-0.3, -0.25) is 9.55 Å². The molecule has 90 valence electrons. The third-order valence-electron chi connectivity index (χ3n) is 2.93. The van der Waals surface area contributed by atoms with Crippen LogP contribution in [0.3, 0.4) is 0 Å². The van der Waals surface area contributed by atoms with E-state index in [-0.39, 0.29) is 0 Å². The zero-order chi connectivity index (χ0) is 12.5. The first-order valence-corrected chi connectivity index (χ1v) is 5.72. The van der Waals surface area contributed by atoms with Gasteiger partial charge in [-0.2, -0.15) is 0 Å². The van der Waals surface area contributed by atoms with Crippen molar-refractivity contribution in [2.24, 2.45) is 0 Å². The van der Waals surface area contributed by atoms with Crippen molar-refractivity contribution in [2.75, 3.05) is 5.73 Å². The number of fused-ring (bicyclic) bond motifs is 1. The summed E-state index contributed by atoms with van der Waals surface area (Å²) >= 11 is 0. The van der Waals surface area contributed by atoms with E-state index in [1.54, 1.807) is 12.4 Å². The average molecular weight is 239 g/mol. The predicted molar refractivity (Wildman–Crippen MR) is 70.0 cm³/mol. The highest BCUT2D eigenvalue weighted by molar-refractivity contribution is 5.77. The minimum absolute atomic E-state index is 0.482. The van der Waals surface area contributed by atoms with Crippen molar-refractivity contribution in [1.82, 2.24) is 19.5 Å². The van der Waals surface area contributed by atoms with E-state index >= 15 is 0 Å². The molecule has 0 aliphatic heterocycles. The zero-order valence-corrected chi connectivity index (χ0v) is 10.0. The van der Waals surface area contributed by atoms with Crippen LogP contribution in [0, 0.1) is 6.92 Å². The van der Waals surface area contributed by atoms with Crippen LogP contribution in [-0.2, 0) is 6.54 Å². The topological polar surface area (TPSA) is 69.6 Å². The van der Waals surface area contributed by atoms with Gasteiger partial charge in [0.2, 0.25) is 5.95 Å². The van der Waals surface area contributed by atoms with Crippen LogP contribution in [0.4, 0.5) is 5.95 Å². The third-order valence-corrected chi connectivity index (χ3v) is 2.93. The lowest BCUT2D eigenvalue weighted by molar-refractivity contribution is 0.823. The number of imidazole rings is 1. The molecular formula is C13H13N5. The van der Waals surface area contributed by atoms with Gasteiger partial charge in [-0.1, -0.05) is 6.07 Å². The second-order valence-electron chi connectivity index (χ2n) is 4.22. The number of anilines is 1. The highest BCUT2D eigenvalue weighted by Crippen LogP contribution is 2.19. The first kappa shape index (κ1) is 10.7. The van der Waals surface area contributed by atoms with Crippen LogP contribution >= 0.6 is 0 Å². The normalized spacial score (nSPS) is 10.9. The molecule has 0 aliphatic rings. The van der Waals surface area contributed by atoms with E-state index in [1.807, 2.05) is 35.9 Å². The number of aryl methyl sites for hydroxylation is 1. The molecule has 0 amide bonds. The number of rotatable bonds is 2. The van der Waals surface area contributed by atoms with Crippen molar-refractivity contribution < 1.29 is 0 Å². The van der Waals surface area contributed by atoms with Gasteiger partial charge in [0, 0.05) is 18.6 Å². The second-order valence-corrected chi connectivity index (χ2v) is 4.22. The summed E-state index contributed by atoms with van der Waals surface area (Å²) < 4.78 is 1.90. The van der Waals surface area contributed by atoms with E-state index in [0.717, 1.165) is 22.3 Å². The number of hydrogen-bond donors (Lipinski definition) is 1. The van der Waals surface area contributed by atoms with E-state index < -0.39 is 0 Å². The number of nitrogen functional groups attached to an aromatic ring is 1. The fourth-order valence-corrected chi connectivity index (χ4v) is 1.99. The molecule has 0 fully saturated rings. The Kier molecular flexibility index (Phi) is 2.44. The largest absolute Gasteiger partial charge is 0.369 e. The Morgan fingerprint density at radius 1 is 1.28 bits per heavy atom. The zero-order valence-electron chi connectivity index (χ0n) is 10.0. The van der Waals surface area contributed by atoms with Gasteiger partial charge >= 0.3 is 0 Å². The SMILES string of the molecule is Cc1ccnc2c1nc(N)n2Cc1cccnc1. The van der Waals surface area contributed by atoms with Crippen molar-refractivity contribution in [3.63, 3.8) is 0 Å². The standard InChI is InChI=1S/C13H13N5/c1-9-4-6-16-12-11(9)17-13(14)18(12)8-10-3-2-5-15-7-10/h2-7H,8H2,1H3,(H2,14,17). The first-order valence-electron chi connectivity index (χ1n) is 5.72. The molecule has 5 heteroatoms. The fourth-order valence-electron chi connectivity index (χ4n) is 1.99. The molecule has 0 radical (unpaired) electrons. The van der Waals surface area contributed by atoms with Crippen LogP contribution in [0.25, 0.3) is 11.2 Å². The van der Waals surface area contributed by atoms with Crippen molar-refractivity contribution in [2.45, 2.75) is 13.5 Å². The first-order chi connectivity index (χ1) is 8.75. The Bertz CT molecular complexity index is 687. The molecule has 0 spiro atoms. The van der Waals surface area contributed by atoms with Crippen LogP contribution in [-0.4, -0.2) is 19.5 Å². The quantitative estimate of drug-likeness (QED) is 0.739. The lowest BCUT2D eigenvalue weighted by Gasteiger charge is -2.05. The molecule has 0 atom stereocenters. The van der Waals surface area contributed by atoms with Crippen molar-refractivity contribution in [3.05, 3.63) is 47.9 Å². The molecule has 3 rings (SSSR count). The molecule has 0 saturated heterocycles. The predicted octanol–water partition coefficient (Wildman–Crippen LogP) is 1.77. The molecule has 0 saturated carbocycles. The highest BCUT2D eigenvalue weighted by atomic mass is 15.2. The molecule has 0 bridgehead atoms. The van der Waals surface area contributed by atoms with E-state index in [9.17, 15) is 0 Å². The summed E-state index contributed by atoms with van der Waals surface area (Å²) in [6, 6.07) is 5.85. The number of nitrogens with zero attached hydrogens (tertiary/aromatic N) is 4. The number of aromatic nitrogens is 4. The molecule has 0 aromatic carbocycles. The number of nitrogens with two attached hydrogens (primary N) is 1. The maximum Gasteiger partial charge on any atom is 0.202 e. The molecule has 18 heavy (non-hydrogen) atoms. The van der Waals surface area contributed by atoms with Gasteiger partial charge in [-0.25, -0.2) is 9.97 Å². The third kappa shape index (κ3) is 1.69. The molecule has 3 heterocycles. The van der Waals surface area contributed by atoms with E-state index in [2.05, 4.69) is 15.0 Å². The summed E-state index contributed by atoms with van der Waals surface area (Å²) in [7, 11) is 0. The molecule has 3 aromatic heterocycles. The average Bonchev–Trinajstić information content (AvgIpc) is 2.70.